The van der Waals surface area contributed by atoms with Crippen molar-refractivity contribution in [2.45, 2.75) is 64.3 Å². The zero-order chi connectivity index (χ0) is 12.3. The first-order valence-corrected chi connectivity index (χ1v) is 7.14. The van der Waals surface area contributed by atoms with Crippen LogP contribution in [0.4, 0.5) is 0 Å². The van der Waals surface area contributed by atoms with Gasteiger partial charge >= 0.3 is 5.97 Å². The van der Waals surface area contributed by atoms with Crippen LogP contribution in [0.5, 0.6) is 0 Å². The monoisotopic (exact) mass is 239 g/mol. The average Bonchev–Trinajstić information content (AvgIpc) is 2.49. The van der Waals surface area contributed by atoms with Gasteiger partial charge in [0, 0.05) is 13.1 Å². The van der Waals surface area contributed by atoms with Gasteiger partial charge in [0.1, 0.15) is 6.04 Å². The molecule has 0 aromatic rings. The molecule has 2 rings (SSSR count). The topological polar surface area (TPSA) is 40.5 Å². The molecule has 2 aliphatic rings. The normalized spacial score (nSPS) is 26.2. The van der Waals surface area contributed by atoms with Gasteiger partial charge in [0.05, 0.1) is 0 Å². The number of rotatable bonds is 4. The van der Waals surface area contributed by atoms with E-state index in [-0.39, 0.29) is 6.04 Å². The van der Waals surface area contributed by atoms with Crippen LogP contribution in [0.2, 0.25) is 0 Å². The molecule has 1 atom stereocenters. The van der Waals surface area contributed by atoms with Crippen molar-refractivity contribution in [2.24, 2.45) is 5.41 Å². The number of aliphatic carboxylic acids is 1. The van der Waals surface area contributed by atoms with Crippen molar-refractivity contribution < 1.29 is 9.90 Å². The largest absolute Gasteiger partial charge is 0.480 e. The molecule has 3 heteroatoms. The van der Waals surface area contributed by atoms with E-state index >= 15 is 0 Å². The summed E-state index contributed by atoms with van der Waals surface area (Å²) < 4.78 is 0. The Bertz CT molecular complexity index is 261. The predicted octanol–water partition coefficient (Wildman–Crippen LogP) is 2.90. The van der Waals surface area contributed by atoms with E-state index in [0.29, 0.717) is 5.41 Å². The van der Waals surface area contributed by atoms with Gasteiger partial charge in [0.2, 0.25) is 0 Å². The van der Waals surface area contributed by atoms with Crippen molar-refractivity contribution >= 4 is 5.97 Å². The molecular formula is C14H25NO2. The quantitative estimate of drug-likeness (QED) is 0.820. The summed E-state index contributed by atoms with van der Waals surface area (Å²) in [4.78, 5) is 13.4. The minimum Gasteiger partial charge on any atom is -0.480 e. The molecule has 1 N–H and O–H groups in total. The summed E-state index contributed by atoms with van der Waals surface area (Å²) in [6, 6.07) is -0.228. The summed E-state index contributed by atoms with van der Waals surface area (Å²) in [5.41, 5.74) is 0.484. The maximum Gasteiger partial charge on any atom is 0.320 e. The Morgan fingerprint density at radius 3 is 2.29 bits per heavy atom. The van der Waals surface area contributed by atoms with Crippen LogP contribution in [0.15, 0.2) is 0 Å². The number of likely N-dealkylation sites (tertiary alicyclic amines) is 1. The first-order chi connectivity index (χ1) is 8.17. The highest BCUT2D eigenvalue weighted by Gasteiger charge is 2.46. The predicted molar refractivity (Wildman–Crippen MR) is 68.0 cm³/mol. The van der Waals surface area contributed by atoms with Crippen LogP contribution in [-0.2, 0) is 4.79 Å². The van der Waals surface area contributed by atoms with E-state index in [4.69, 9.17) is 0 Å². The summed E-state index contributed by atoms with van der Waals surface area (Å²) in [6.07, 6.45) is 9.84. The van der Waals surface area contributed by atoms with Gasteiger partial charge in [-0.1, -0.05) is 39.0 Å². The Morgan fingerprint density at radius 2 is 1.82 bits per heavy atom. The molecule has 1 unspecified atom stereocenters. The maximum atomic E-state index is 11.2. The molecule has 0 radical (unpaired) electrons. The maximum absolute atomic E-state index is 11.2. The summed E-state index contributed by atoms with van der Waals surface area (Å²) in [5.74, 6) is -0.629. The van der Waals surface area contributed by atoms with Crippen LogP contribution in [0.1, 0.15) is 58.3 Å². The minimum absolute atomic E-state index is 0.228. The SMILES string of the molecule is CCCC(C(=O)O)N1CC2(CCCCCC2)C1. The third-order valence-corrected chi connectivity index (χ3v) is 4.53. The van der Waals surface area contributed by atoms with Gasteiger partial charge in [-0.15, -0.1) is 0 Å². The highest BCUT2D eigenvalue weighted by atomic mass is 16.4. The van der Waals surface area contributed by atoms with E-state index in [1.165, 1.54) is 38.5 Å². The lowest BCUT2D eigenvalue weighted by atomic mass is 9.72. The molecule has 1 saturated carbocycles. The fourth-order valence-corrected chi connectivity index (χ4v) is 3.57. The standard InChI is InChI=1S/C14H25NO2/c1-2-7-12(13(16)17)15-10-14(11-15)8-5-3-4-6-9-14/h12H,2-11H2,1H3,(H,16,17). The van der Waals surface area contributed by atoms with Crippen LogP contribution < -0.4 is 0 Å². The fraction of sp³-hybridized carbons (Fsp3) is 0.929. The second-order valence-electron chi connectivity index (χ2n) is 5.96. The van der Waals surface area contributed by atoms with Crippen LogP contribution >= 0.6 is 0 Å². The van der Waals surface area contributed by atoms with Gasteiger partial charge in [0.15, 0.2) is 0 Å². The molecule has 1 aliphatic heterocycles. The molecule has 1 aliphatic carbocycles. The molecule has 3 nitrogen and oxygen atoms in total. The van der Waals surface area contributed by atoms with E-state index < -0.39 is 5.97 Å². The number of nitrogens with zero attached hydrogens (tertiary/aromatic N) is 1. The van der Waals surface area contributed by atoms with Gasteiger partial charge in [0.25, 0.3) is 0 Å². The van der Waals surface area contributed by atoms with Crippen LogP contribution in [0, 0.1) is 5.41 Å². The Labute approximate surface area is 104 Å². The number of carbonyl (C=O) groups is 1. The van der Waals surface area contributed by atoms with Crippen LogP contribution in [-0.4, -0.2) is 35.1 Å². The van der Waals surface area contributed by atoms with Crippen molar-refractivity contribution in [3.8, 4) is 0 Å². The molecule has 0 aromatic carbocycles. The Kier molecular flexibility index (Phi) is 4.08. The summed E-state index contributed by atoms with van der Waals surface area (Å²) in [5, 5.41) is 9.24. The molecule has 17 heavy (non-hydrogen) atoms. The Balaban J connectivity index is 1.88. The number of hydrogen-bond donors (Lipinski definition) is 1. The van der Waals surface area contributed by atoms with Gasteiger partial charge in [-0.3, -0.25) is 9.69 Å². The Hall–Kier alpha value is -0.570. The van der Waals surface area contributed by atoms with E-state index in [0.717, 1.165) is 25.9 Å². The van der Waals surface area contributed by atoms with Crippen molar-refractivity contribution in [1.29, 1.82) is 0 Å². The van der Waals surface area contributed by atoms with Gasteiger partial charge in [-0.25, -0.2) is 0 Å². The van der Waals surface area contributed by atoms with E-state index in [1.807, 2.05) is 0 Å². The third-order valence-electron chi connectivity index (χ3n) is 4.53. The van der Waals surface area contributed by atoms with Gasteiger partial charge in [-0.2, -0.15) is 0 Å². The first-order valence-electron chi connectivity index (χ1n) is 7.14. The smallest absolute Gasteiger partial charge is 0.320 e. The highest BCUT2D eigenvalue weighted by Crippen LogP contribution is 2.43. The average molecular weight is 239 g/mol. The third kappa shape index (κ3) is 2.82. The zero-order valence-electron chi connectivity index (χ0n) is 11.0. The fourth-order valence-electron chi connectivity index (χ4n) is 3.57. The van der Waals surface area contributed by atoms with E-state index in [2.05, 4.69) is 11.8 Å². The molecule has 98 valence electrons. The lowest BCUT2D eigenvalue weighted by molar-refractivity contribution is -0.150. The summed E-state index contributed by atoms with van der Waals surface area (Å²) in [6.45, 7) is 4.13. The molecule has 1 spiro atoms. The molecule has 1 saturated heterocycles. The van der Waals surface area contributed by atoms with Crippen LogP contribution in [0.3, 0.4) is 0 Å². The number of hydrogen-bond acceptors (Lipinski definition) is 2. The van der Waals surface area contributed by atoms with E-state index in [1.54, 1.807) is 0 Å². The molecule has 0 bridgehead atoms. The number of carboxylic acid groups (broad SMARTS) is 1. The lowest BCUT2D eigenvalue weighted by Crippen LogP contribution is -2.61. The molecule has 1 heterocycles. The molecule has 0 aromatic heterocycles. The van der Waals surface area contributed by atoms with Crippen LogP contribution in [0.25, 0.3) is 0 Å². The molecular weight excluding hydrogens is 214 g/mol. The number of carboxylic acids is 1. The molecule has 2 fully saturated rings. The summed E-state index contributed by atoms with van der Waals surface area (Å²) >= 11 is 0. The summed E-state index contributed by atoms with van der Waals surface area (Å²) in [7, 11) is 0. The Morgan fingerprint density at radius 1 is 1.24 bits per heavy atom. The van der Waals surface area contributed by atoms with Gasteiger partial charge in [-0.05, 0) is 24.7 Å². The van der Waals surface area contributed by atoms with Crippen molar-refractivity contribution in [1.82, 2.24) is 4.90 Å². The van der Waals surface area contributed by atoms with Crippen molar-refractivity contribution in [2.75, 3.05) is 13.1 Å². The highest BCUT2D eigenvalue weighted by molar-refractivity contribution is 5.73. The molecule has 0 amide bonds. The second-order valence-corrected chi connectivity index (χ2v) is 5.96. The first kappa shape index (κ1) is 12.9. The lowest BCUT2D eigenvalue weighted by Gasteiger charge is -2.52. The minimum atomic E-state index is -0.629. The second kappa shape index (κ2) is 5.38. The van der Waals surface area contributed by atoms with Crippen molar-refractivity contribution in [3.63, 3.8) is 0 Å². The van der Waals surface area contributed by atoms with E-state index in [9.17, 15) is 9.90 Å². The van der Waals surface area contributed by atoms with Crippen molar-refractivity contribution in [3.05, 3.63) is 0 Å². The van der Waals surface area contributed by atoms with Gasteiger partial charge < -0.3 is 5.11 Å². The zero-order valence-corrected chi connectivity index (χ0v) is 11.0.